The van der Waals surface area contributed by atoms with Crippen molar-refractivity contribution in [2.75, 3.05) is 6.54 Å². The van der Waals surface area contributed by atoms with Crippen LogP contribution in [0.15, 0.2) is 47.3 Å². The Bertz CT molecular complexity index is 820. The molecule has 0 aromatic carbocycles. The highest BCUT2D eigenvalue weighted by Crippen LogP contribution is 2.33. The summed E-state index contributed by atoms with van der Waals surface area (Å²) in [5, 5.41) is 0. The lowest BCUT2D eigenvalue weighted by atomic mass is 10.1. The van der Waals surface area contributed by atoms with Gasteiger partial charge in [0.1, 0.15) is 17.1 Å². The summed E-state index contributed by atoms with van der Waals surface area (Å²) in [5.74, 6) is 0.827. The molecule has 4 rings (SSSR count). The third kappa shape index (κ3) is 2.01. The second-order valence-electron chi connectivity index (χ2n) is 5.72. The molecule has 5 heteroatoms. The number of imidazole rings is 1. The molecule has 4 heterocycles. The molecular weight excluding hydrogens is 278 g/mol. The smallest absolute Gasteiger partial charge is 0.274 e. The topological polar surface area (TPSA) is 50.8 Å². The van der Waals surface area contributed by atoms with Crippen LogP contribution in [0.4, 0.5) is 0 Å². The van der Waals surface area contributed by atoms with Gasteiger partial charge in [0.05, 0.1) is 12.3 Å². The monoisotopic (exact) mass is 295 g/mol. The number of nitrogens with zero attached hydrogens (tertiary/aromatic N) is 3. The lowest BCUT2D eigenvalue weighted by molar-refractivity contribution is 0.0714. The van der Waals surface area contributed by atoms with Gasteiger partial charge in [0.2, 0.25) is 0 Å². The fourth-order valence-corrected chi connectivity index (χ4v) is 3.19. The number of furan rings is 1. The minimum Gasteiger partial charge on any atom is -0.467 e. The number of carbonyl (C=O) groups is 1. The van der Waals surface area contributed by atoms with Crippen LogP contribution in [-0.4, -0.2) is 26.7 Å². The molecule has 0 aliphatic carbocycles. The Morgan fingerprint density at radius 3 is 3.05 bits per heavy atom. The Morgan fingerprint density at radius 2 is 2.27 bits per heavy atom. The van der Waals surface area contributed by atoms with Crippen molar-refractivity contribution in [3.63, 3.8) is 0 Å². The second kappa shape index (κ2) is 5.02. The summed E-state index contributed by atoms with van der Waals surface area (Å²) in [6, 6.07) is 7.78. The van der Waals surface area contributed by atoms with Crippen LogP contribution in [-0.2, 0) is 0 Å². The molecule has 1 atom stereocenters. The van der Waals surface area contributed by atoms with Crippen molar-refractivity contribution in [1.82, 2.24) is 14.3 Å². The SMILES string of the molecule is Cc1cccn2cc(C(=O)N3CCCC3c3ccco3)nc12. The first-order valence-corrected chi connectivity index (χ1v) is 7.53. The van der Waals surface area contributed by atoms with E-state index in [-0.39, 0.29) is 11.9 Å². The molecule has 1 fully saturated rings. The number of aromatic nitrogens is 2. The number of aryl methyl sites for hydroxylation is 1. The van der Waals surface area contributed by atoms with Gasteiger partial charge >= 0.3 is 0 Å². The minimum absolute atomic E-state index is 0.0217. The quantitative estimate of drug-likeness (QED) is 0.729. The highest BCUT2D eigenvalue weighted by Gasteiger charge is 2.33. The average Bonchev–Trinajstić information content (AvgIpc) is 3.25. The molecule has 1 amide bonds. The van der Waals surface area contributed by atoms with Crippen molar-refractivity contribution < 1.29 is 9.21 Å². The van der Waals surface area contributed by atoms with Gasteiger partial charge in [-0.1, -0.05) is 6.07 Å². The van der Waals surface area contributed by atoms with E-state index in [0.717, 1.165) is 36.4 Å². The van der Waals surface area contributed by atoms with Gasteiger partial charge in [-0.15, -0.1) is 0 Å². The summed E-state index contributed by atoms with van der Waals surface area (Å²) < 4.78 is 7.40. The van der Waals surface area contributed by atoms with E-state index in [1.165, 1.54) is 0 Å². The zero-order chi connectivity index (χ0) is 15.1. The van der Waals surface area contributed by atoms with E-state index in [2.05, 4.69) is 4.98 Å². The van der Waals surface area contributed by atoms with Crippen LogP contribution in [0.2, 0.25) is 0 Å². The van der Waals surface area contributed by atoms with Crippen LogP contribution in [0, 0.1) is 6.92 Å². The molecule has 1 saturated heterocycles. The molecule has 0 bridgehead atoms. The molecule has 1 aliphatic rings. The van der Waals surface area contributed by atoms with Crippen molar-refractivity contribution in [2.45, 2.75) is 25.8 Å². The minimum atomic E-state index is -0.0259. The highest BCUT2D eigenvalue weighted by atomic mass is 16.3. The van der Waals surface area contributed by atoms with Gasteiger partial charge in [0.15, 0.2) is 0 Å². The number of hydrogen-bond donors (Lipinski definition) is 0. The first kappa shape index (κ1) is 13.1. The summed E-state index contributed by atoms with van der Waals surface area (Å²) in [7, 11) is 0. The average molecular weight is 295 g/mol. The van der Waals surface area contributed by atoms with E-state index in [4.69, 9.17) is 4.42 Å². The zero-order valence-electron chi connectivity index (χ0n) is 12.4. The molecular formula is C17H17N3O2. The third-order valence-corrected chi connectivity index (χ3v) is 4.28. The predicted molar refractivity (Wildman–Crippen MR) is 81.6 cm³/mol. The number of pyridine rings is 1. The molecule has 1 aliphatic heterocycles. The molecule has 0 N–H and O–H groups in total. The summed E-state index contributed by atoms with van der Waals surface area (Å²) in [5.41, 5.74) is 2.39. The summed E-state index contributed by atoms with van der Waals surface area (Å²) in [4.78, 5) is 19.2. The van der Waals surface area contributed by atoms with Crippen LogP contribution in [0.25, 0.3) is 5.65 Å². The van der Waals surface area contributed by atoms with Crippen molar-refractivity contribution in [1.29, 1.82) is 0 Å². The van der Waals surface area contributed by atoms with Crippen molar-refractivity contribution in [3.8, 4) is 0 Å². The fourth-order valence-electron chi connectivity index (χ4n) is 3.19. The molecule has 1 unspecified atom stereocenters. The van der Waals surface area contributed by atoms with E-state index < -0.39 is 0 Å². The maximum absolute atomic E-state index is 12.8. The van der Waals surface area contributed by atoms with E-state index in [9.17, 15) is 4.79 Å². The van der Waals surface area contributed by atoms with E-state index in [1.807, 2.05) is 52.9 Å². The number of rotatable bonds is 2. The third-order valence-electron chi connectivity index (χ3n) is 4.28. The van der Waals surface area contributed by atoms with Gasteiger partial charge in [-0.2, -0.15) is 0 Å². The predicted octanol–water partition coefficient (Wildman–Crippen LogP) is 3.21. The van der Waals surface area contributed by atoms with E-state index in [1.54, 1.807) is 6.26 Å². The van der Waals surface area contributed by atoms with Crippen LogP contribution < -0.4 is 0 Å². The Labute approximate surface area is 128 Å². The molecule has 0 saturated carbocycles. The van der Waals surface area contributed by atoms with Gasteiger partial charge in [-0.05, 0) is 43.5 Å². The number of fused-ring (bicyclic) bond motifs is 1. The van der Waals surface area contributed by atoms with Gasteiger partial charge in [0.25, 0.3) is 5.91 Å². The van der Waals surface area contributed by atoms with Crippen LogP contribution >= 0.6 is 0 Å². The fraction of sp³-hybridized carbons (Fsp3) is 0.294. The van der Waals surface area contributed by atoms with Crippen molar-refractivity contribution >= 4 is 11.6 Å². The maximum Gasteiger partial charge on any atom is 0.274 e. The standard InChI is InChI=1S/C17H17N3O2/c1-12-5-2-8-19-11-13(18-16(12)19)17(21)20-9-3-6-14(20)15-7-4-10-22-15/h2,4-5,7-8,10-11,14H,3,6,9H2,1H3. The molecule has 3 aromatic heterocycles. The van der Waals surface area contributed by atoms with E-state index in [0.29, 0.717) is 5.69 Å². The lowest BCUT2D eigenvalue weighted by Gasteiger charge is -2.22. The highest BCUT2D eigenvalue weighted by molar-refractivity contribution is 5.93. The van der Waals surface area contributed by atoms with Gasteiger partial charge in [-0.25, -0.2) is 4.98 Å². The Balaban J connectivity index is 1.69. The molecule has 0 radical (unpaired) electrons. The Hall–Kier alpha value is -2.56. The molecule has 22 heavy (non-hydrogen) atoms. The normalized spacial score (nSPS) is 18.2. The molecule has 5 nitrogen and oxygen atoms in total. The first-order valence-electron chi connectivity index (χ1n) is 7.53. The number of carbonyl (C=O) groups excluding carboxylic acids is 1. The number of hydrogen-bond acceptors (Lipinski definition) is 3. The van der Waals surface area contributed by atoms with E-state index >= 15 is 0 Å². The second-order valence-corrected chi connectivity index (χ2v) is 5.72. The maximum atomic E-state index is 12.8. The molecule has 112 valence electrons. The Morgan fingerprint density at radius 1 is 1.36 bits per heavy atom. The van der Waals surface area contributed by atoms with Crippen LogP contribution in [0.1, 0.15) is 40.7 Å². The van der Waals surface area contributed by atoms with Crippen molar-refractivity contribution in [2.24, 2.45) is 0 Å². The first-order chi connectivity index (χ1) is 10.7. The van der Waals surface area contributed by atoms with Crippen LogP contribution in [0.5, 0.6) is 0 Å². The zero-order valence-corrected chi connectivity index (χ0v) is 12.4. The molecule has 0 spiro atoms. The number of amides is 1. The largest absolute Gasteiger partial charge is 0.467 e. The molecule has 3 aromatic rings. The Kier molecular flexibility index (Phi) is 2.99. The summed E-state index contributed by atoms with van der Waals surface area (Å²) in [6.07, 6.45) is 7.31. The van der Waals surface area contributed by atoms with Crippen molar-refractivity contribution in [3.05, 3.63) is 59.9 Å². The van der Waals surface area contributed by atoms with Gasteiger partial charge in [-0.3, -0.25) is 4.79 Å². The van der Waals surface area contributed by atoms with Crippen LogP contribution in [0.3, 0.4) is 0 Å². The summed E-state index contributed by atoms with van der Waals surface area (Å²) in [6.45, 7) is 2.75. The van der Waals surface area contributed by atoms with Gasteiger partial charge < -0.3 is 13.7 Å². The summed E-state index contributed by atoms with van der Waals surface area (Å²) >= 11 is 0. The number of likely N-dealkylation sites (tertiary alicyclic amines) is 1. The lowest BCUT2D eigenvalue weighted by Crippen LogP contribution is -2.30. The van der Waals surface area contributed by atoms with Gasteiger partial charge in [0, 0.05) is 18.9 Å².